The number of aliphatic hydroxyl groups is 1. The Labute approximate surface area is 147 Å². The van der Waals surface area contributed by atoms with Crippen molar-refractivity contribution in [3.05, 3.63) is 65.7 Å². The van der Waals surface area contributed by atoms with Crippen LogP contribution >= 0.6 is 11.8 Å². The van der Waals surface area contributed by atoms with E-state index in [2.05, 4.69) is 17.4 Å². The molecule has 2 N–H and O–H groups in total. The lowest BCUT2D eigenvalue weighted by molar-refractivity contribution is 0.0867. The van der Waals surface area contributed by atoms with Gasteiger partial charge in [0, 0.05) is 22.3 Å². The molecule has 0 aromatic heterocycles. The number of hydrogen-bond donors (Lipinski definition) is 2. The van der Waals surface area contributed by atoms with Crippen molar-refractivity contribution >= 4 is 17.7 Å². The molecule has 2 aromatic carbocycles. The van der Waals surface area contributed by atoms with E-state index in [0.717, 1.165) is 31.4 Å². The summed E-state index contributed by atoms with van der Waals surface area (Å²) in [5, 5.41) is 12.6. The Balaban J connectivity index is 1.51. The first-order valence-corrected chi connectivity index (χ1v) is 9.45. The summed E-state index contributed by atoms with van der Waals surface area (Å²) in [5.74, 6) is 0.880. The van der Waals surface area contributed by atoms with Gasteiger partial charge in [0.05, 0.1) is 6.10 Å². The first kappa shape index (κ1) is 17.1. The predicted molar refractivity (Wildman–Crippen MR) is 98.2 cm³/mol. The van der Waals surface area contributed by atoms with Crippen molar-refractivity contribution < 1.29 is 9.90 Å². The van der Waals surface area contributed by atoms with Crippen molar-refractivity contribution in [1.82, 2.24) is 5.32 Å². The van der Waals surface area contributed by atoms with Crippen LogP contribution in [0.5, 0.6) is 0 Å². The number of thioether (sulfide) groups is 1. The normalized spacial score (nSPS) is 20.5. The molecule has 2 aromatic rings. The molecule has 4 heteroatoms. The number of benzene rings is 2. The van der Waals surface area contributed by atoms with Crippen LogP contribution in [0.25, 0.3) is 0 Å². The second-order valence-corrected chi connectivity index (χ2v) is 7.33. The van der Waals surface area contributed by atoms with E-state index in [1.54, 1.807) is 11.8 Å². The minimum absolute atomic E-state index is 0.0151. The van der Waals surface area contributed by atoms with Crippen LogP contribution in [0.4, 0.5) is 0 Å². The molecule has 3 nitrogen and oxygen atoms in total. The molecule has 1 aliphatic carbocycles. The fraction of sp³-hybridized carbons (Fsp3) is 0.350. The zero-order valence-electron chi connectivity index (χ0n) is 13.7. The van der Waals surface area contributed by atoms with Gasteiger partial charge < -0.3 is 10.4 Å². The average molecular weight is 341 g/mol. The predicted octanol–water partition coefficient (Wildman–Crippen LogP) is 4.01. The van der Waals surface area contributed by atoms with Crippen molar-refractivity contribution in [2.75, 3.05) is 0 Å². The number of nitrogens with one attached hydrogen (secondary N) is 1. The fourth-order valence-electron chi connectivity index (χ4n) is 2.92. The lowest BCUT2D eigenvalue weighted by Gasteiger charge is -2.26. The molecule has 0 radical (unpaired) electrons. The third-order valence-corrected chi connectivity index (χ3v) is 5.48. The number of amides is 1. The molecule has 0 aliphatic heterocycles. The van der Waals surface area contributed by atoms with E-state index in [9.17, 15) is 9.90 Å². The van der Waals surface area contributed by atoms with E-state index in [1.165, 1.54) is 10.5 Å². The van der Waals surface area contributed by atoms with Crippen molar-refractivity contribution in [2.24, 2.45) is 0 Å². The van der Waals surface area contributed by atoms with Gasteiger partial charge in [-0.05, 0) is 55.5 Å². The van der Waals surface area contributed by atoms with E-state index >= 15 is 0 Å². The lowest BCUT2D eigenvalue weighted by atomic mass is 9.93. The van der Waals surface area contributed by atoms with Crippen LogP contribution in [0.15, 0.2) is 59.5 Å². The van der Waals surface area contributed by atoms with Gasteiger partial charge in [0.1, 0.15) is 0 Å². The van der Waals surface area contributed by atoms with Gasteiger partial charge in [-0.3, -0.25) is 4.79 Å². The molecule has 1 amide bonds. The molecule has 3 rings (SSSR count). The van der Waals surface area contributed by atoms with Gasteiger partial charge in [-0.2, -0.15) is 0 Å². The van der Waals surface area contributed by atoms with Crippen LogP contribution in [0.3, 0.4) is 0 Å². The molecule has 0 unspecified atom stereocenters. The fourth-order valence-corrected chi connectivity index (χ4v) is 3.80. The maximum Gasteiger partial charge on any atom is 0.251 e. The van der Waals surface area contributed by atoms with E-state index in [-0.39, 0.29) is 18.1 Å². The molecular weight excluding hydrogens is 318 g/mol. The van der Waals surface area contributed by atoms with Crippen LogP contribution in [0.1, 0.15) is 41.6 Å². The van der Waals surface area contributed by atoms with Crippen LogP contribution in [-0.2, 0) is 5.75 Å². The Morgan fingerprint density at radius 2 is 1.67 bits per heavy atom. The highest BCUT2D eigenvalue weighted by molar-refractivity contribution is 7.98. The molecule has 24 heavy (non-hydrogen) atoms. The Bertz CT molecular complexity index is 649. The van der Waals surface area contributed by atoms with E-state index in [0.29, 0.717) is 5.56 Å². The summed E-state index contributed by atoms with van der Waals surface area (Å²) in [6.45, 7) is 0. The minimum Gasteiger partial charge on any atom is -0.393 e. The summed E-state index contributed by atoms with van der Waals surface area (Å²) in [6.07, 6.45) is 3.08. The largest absolute Gasteiger partial charge is 0.393 e. The van der Waals surface area contributed by atoms with E-state index in [4.69, 9.17) is 0 Å². The van der Waals surface area contributed by atoms with Crippen molar-refractivity contribution in [2.45, 2.75) is 48.5 Å². The maximum absolute atomic E-state index is 12.3. The third-order valence-electron chi connectivity index (χ3n) is 4.40. The standard InChI is InChI=1S/C20H23NO2S/c22-18-12-10-17(11-13-18)21-20(23)16-8-6-15(7-9-16)14-24-19-4-2-1-3-5-19/h1-9,17-18,22H,10-14H2,(H,21,23). The first-order valence-electron chi connectivity index (χ1n) is 8.46. The van der Waals surface area contributed by atoms with Gasteiger partial charge in [0.25, 0.3) is 5.91 Å². The van der Waals surface area contributed by atoms with Crippen molar-refractivity contribution in [3.63, 3.8) is 0 Å². The summed E-state index contributed by atoms with van der Waals surface area (Å²) >= 11 is 1.79. The number of rotatable bonds is 5. The summed E-state index contributed by atoms with van der Waals surface area (Å²) in [7, 11) is 0. The second kappa shape index (κ2) is 8.36. The van der Waals surface area contributed by atoms with Gasteiger partial charge in [-0.25, -0.2) is 0 Å². The number of carbonyl (C=O) groups is 1. The molecule has 0 saturated heterocycles. The molecule has 1 fully saturated rings. The monoisotopic (exact) mass is 341 g/mol. The van der Waals surface area contributed by atoms with E-state index in [1.807, 2.05) is 42.5 Å². The zero-order valence-corrected chi connectivity index (χ0v) is 14.5. The number of hydrogen-bond acceptors (Lipinski definition) is 3. The van der Waals surface area contributed by atoms with E-state index < -0.39 is 0 Å². The summed E-state index contributed by atoms with van der Waals surface area (Å²) in [5.41, 5.74) is 1.91. The summed E-state index contributed by atoms with van der Waals surface area (Å²) < 4.78 is 0. The lowest BCUT2D eigenvalue weighted by Crippen LogP contribution is -2.38. The molecular formula is C20H23NO2S. The van der Waals surface area contributed by atoms with Crippen LogP contribution in [0.2, 0.25) is 0 Å². The molecule has 1 saturated carbocycles. The quantitative estimate of drug-likeness (QED) is 0.808. The SMILES string of the molecule is O=C(NC1CCC(O)CC1)c1ccc(CSc2ccccc2)cc1. The Morgan fingerprint density at radius 3 is 2.33 bits per heavy atom. The molecule has 0 heterocycles. The van der Waals surface area contributed by atoms with Crippen LogP contribution in [-0.4, -0.2) is 23.2 Å². The smallest absolute Gasteiger partial charge is 0.251 e. The van der Waals surface area contributed by atoms with Gasteiger partial charge in [0.2, 0.25) is 0 Å². The molecule has 1 aliphatic rings. The maximum atomic E-state index is 12.3. The Kier molecular flexibility index (Phi) is 5.94. The minimum atomic E-state index is -0.195. The topological polar surface area (TPSA) is 49.3 Å². The second-order valence-electron chi connectivity index (χ2n) is 6.28. The highest BCUT2D eigenvalue weighted by Crippen LogP contribution is 2.23. The van der Waals surface area contributed by atoms with Gasteiger partial charge in [0.15, 0.2) is 0 Å². The Hall–Kier alpha value is -1.78. The van der Waals surface area contributed by atoms with Gasteiger partial charge >= 0.3 is 0 Å². The van der Waals surface area contributed by atoms with Gasteiger partial charge in [-0.1, -0.05) is 30.3 Å². The highest BCUT2D eigenvalue weighted by Gasteiger charge is 2.21. The van der Waals surface area contributed by atoms with Crippen LogP contribution in [0, 0.1) is 0 Å². The molecule has 0 spiro atoms. The average Bonchev–Trinajstić information content (AvgIpc) is 2.63. The Morgan fingerprint density at radius 1 is 1.00 bits per heavy atom. The van der Waals surface area contributed by atoms with Gasteiger partial charge in [-0.15, -0.1) is 11.8 Å². The molecule has 126 valence electrons. The first-order chi connectivity index (χ1) is 11.7. The van der Waals surface area contributed by atoms with Crippen molar-refractivity contribution in [3.8, 4) is 0 Å². The number of carbonyl (C=O) groups excluding carboxylic acids is 1. The van der Waals surface area contributed by atoms with Crippen molar-refractivity contribution in [1.29, 1.82) is 0 Å². The summed E-state index contributed by atoms with van der Waals surface area (Å²) in [6, 6.07) is 18.3. The van der Waals surface area contributed by atoms with Crippen LogP contribution < -0.4 is 5.32 Å². The summed E-state index contributed by atoms with van der Waals surface area (Å²) in [4.78, 5) is 13.6. The zero-order chi connectivity index (χ0) is 16.8. The molecule has 0 atom stereocenters. The number of aliphatic hydroxyl groups excluding tert-OH is 1. The molecule has 0 bridgehead atoms. The highest BCUT2D eigenvalue weighted by atomic mass is 32.2. The third kappa shape index (κ3) is 4.86.